The number of piperidine rings is 1. The second kappa shape index (κ2) is 10.6. The molecule has 0 bridgehead atoms. The summed E-state index contributed by atoms with van der Waals surface area (Å²) in [5.41, 5.74) is 1.60. The van der Waals surface area contributed by atoms with Crippen LogP contribution in [0.25, 0.3) is 10.6 Å². The topological polar surface area (TPSA) is 54.0 Å². The molecule has 0 aliphatic carbocycles. The molecule has 1 aromatic carbocycles. The van der Waals surface area contributed by atoms with Crippen molar-refractivity contribution in [2.75, 3.05) is 13.1 Å². The van der Waals surface area contributed by atoms with Gasteiger partial charge in [0.25, 0.3) is 0 Å². The summed E-state index contributed by atoms with van der Waals surface area (Å²) in [6.45, 7) is 1.87. The minimum absolute atomic E-state index is 0. The summed E-state index contributed by atoms with van der Waals surface area (Å²) < 4.78 is 0. The molecule has 25 heavy (non-hydrogen) atoms. The van der Waals surface area contributed by atoms with E-state index in [2.05, 4.69) is 15.6 Å². The Balaban J connectivity index is 0.00000156. The third-order valence-electron chi connectivity index (χ3n) is 3.72. The number of nitrogens with one attached hydrogen (secondary N) is 2. The number of amides is 1. The van der Waals surface area contributed by atoms with Crippen molar-refractivity contribution in [3.63, 3.8) is 0 Å². The average Bonchev–Trinajstić information content (AvgIpc) is 2.96. The highest BCUT2D eigenvalue weighted by Gasteiger charge is 2.17. The van der Waals surface area contributed by atoms with E-state index in [-0.39, 0.29) is 43.2 Å². The predicted molar refractivity (Wildman–Crippen MR) is 110 cm³/mol. The zero-order chi connectivity index (χ0) is 16.2. The van der Waals surface area contributed by atoms with Crippen LogP contribution in [0.1, 0.15) is 18.5 Å². The lowest BCUT2D eigenvalue weighted by Crippen LogP contribution is -2.46. The summed E-state index contributed by atoms with van der Waals surface area (Å²) in [7, 11) is 0. The maximum atomic E-state index is 12.1. The van der Waals surface area contributed by atoms with Crippen LogP contribution < -0.4 is 10.6 Å². The molecule has 0 spiro atoms. The predicted octanol–water partition coefficient (Wildman–Crippen LogP) is 4.37. The van der Waals surface area contributed by atoms with E-state index in [4.69, 9.17) is 23.2 Å². The van der Waals surface area contributed by atoms with Crippen LogP contribution >= 0.6 is 59.4 Å². The third-order valence-corrected chi connectivity index (χ3v) is 5.19. The number of rotatable bonds is 4. The minimum atomic E-state index is 0. The summed E-state index contributed by atoms with van der Waals surface area (Å²) in [5.74, 6) is 0.0118. The van der Waals surface area contributed by atoms with E-state index >= 15 is 0 Å². The minimum Gasteiger partial charge on any atom is -0.352 e. The highest BCUT2D eigenvalue weighted by Crippen LogP contribution is 2.32. The molecule has 1 unspecified atom stereocenters. The van der Waals surface area contributed by atoms with Crippen LogP contribution in [0.4, 0.5) is 0 Å². The molecule has 2 aromatic rings. The van der Waals surface area contributed by atoms with Crippen molar-refractivity contribution in [3.8, 4) is 10.6 Å². The average molecular weight is 443 g/mol. The Morgan fingerprint density at radius 3 is 2.84 bits per heavy atom. The lowest BCUT2D eigenvalue weighted by molar-refractivity contribution is -0.121. The molecule has 1 amide bonds. The molecule has 138 valence electrons. The molecule has 9 heteroatoms. The second-order valence-corrected chi connectivity index (χ2v) is 7.26. The van der Waals surface area contributed by atoms with Gasteiger partial charge in [-0.15, -0.1) is 36.2 Å². The van der Waals surface area contributed by atoms with Gasteiger partial charge in [0.2, 0.25) is 5.91 Å². The molecule has 2 N–H and O–H groups in total. The molecule has 4 nitrogen and oxygen atoms in total. The van der Waals surface area contributed by atoms with Gasteiger partial charge < -0.3 is 10.6 Å². The molecule has 1 aliphatic heterocycles. The van der Waals surface area contributed by atoms with E-state index in [1.165, 1.54) is 11.3 Å². The molecular weight excluding hydrogens is 424 g/mol. The van der Waals surface area contributed by atoms with Gasteiger partial charge in [-0.05, 0) is 37.6 Å². The Morgan fingerprint density at radius 2 is 2.16 bits per heavy atom. The van der Waals surface area contributed by atoms with Crippen molar-refractivity contribution in [1.82, 2.24) is 15.6 Å². The standard InChI is InChI=1S/C16H17Cl2N3OS.2ClH/c17-10-3-4-13(14(18)6-10)16-21-12(9-23-16)7-15(22)20-11-2-1-5-19-8-11;;/h3-4,6,9,11,19H,1-2,5,7-8H2,(H,20,22);2*1H. The van der Waals surface area contributed by atoms with Crippen molar-refractivity contribution in [2.45, 2.75) is 25.3 Å². The molecule has 1 atom stereocenters. The maximum Gasteiger partial charge on any atom is 0.226 e. The summed E-state index contributed by atoms with van der Waals surface area (Å²) >= 11 is 13.6. The van der Waals surface area contributed by atoms with E-state index in [9.17, 15) is 4.79 Å². The van der Waals surface area contributed by atoms with E-state index in [0.29, 0.717) is 10.0 Å². The van der Waals surface area contributed by atoms with E-state index in [0.717, 1.165) is 42.2 Å². The van der Waals surface area contributed by atoms with E-state index < -0.39 is 0 Å². The normalized spacial score (nSPS) is 16.5. The van der Waals surface area contributed by atoms with Gasteiger partial charge in [0.1, 0.15) is 5.01 Å². The second-order valence-electron chi connectivity index (χ2n) is 5.56. The number of carbonyl (C=O) groups excluding carboxylic acids is 1. The largest absolute Gasteiger partial charge is 0.352 e. The summed E-state index contributed by atoms with van der Waals surface area (Å²) in [6.07, 6.45) is 2.42. The molecule has 3 rings (SSSR count). The van der Waals surface area contributed by atoms with Crippen molar-refractivity contribution < 1.29 is 4.79 Å². The quantitative estimate of drug-likeness (QED) is 0.738. The van der Waals surface area contributed by atoms with Crippen LogP contribution in [0.5, 0.6) is 0 Å². The van der Waals surface area contributed by atoms with Gasteiger partial charge in [-0.25, -0.2) is 4.98 Å². The van der Waals surface area contributed by atoms with Gasteiger partial charge in [-0.2, -0.15) is 0 Å². The van der Waals surface area contributed by atoms with Gasteiger partial charge in [-0.3, -0.25) is 4.79 Å². The summed E-state index contributed by atoms with van der Waals surface area (Å²) in [4.78, 5) is 16.6. The first-order chi connectivity index (χ1) is 11.1. The van der Waals surface area contributed by atoms with Crippen molar-refractivity contribution in [2.24, 2.45) is 0 Å². The molecule has 0 saturated carbocycles. The van der Waals surface area contributed by atoms with Crippen LogP contribution in [0, 0.1) is 0 Å². The van der Waals surface area contributed by atoms with E-state index in [1.807, 2.05) is 11.4 Å². The molecule has 1 saturated heterocycles. The first kappa shape index (κ1) is 22.5. The Hall–Kier alpha value is -0.560. The zero-order valence-corrected chi connectivity index (χ0v) is 17.2. The van der Waals surface area contributed by atoms with Crippen molar-refractivity contribution in [1.29, 1.82) is 0 Å². The Morgan fingerprint density at radius 1 is 1.36 bits per heavy atom. The number of aromatic nitrogens is 1. The lowest BCUT2D eigenvalue weighted by atomic mass is 10.1. The first-order valence-electron chi connectivity index (χ1n) is 7.52. The van der Waals surface area contributed by atoms with Crippen LogP contribution in [0.15, 0.2) is 23.6 Å². The molecule has 1 aliphatic rings. The Kier molecular flexibility index (Phi) is 9.49. The van der Waals surface area contributed by atoms with Crippen LogP contribution in [-0.4, -0.2) is 30.0 Å². The monoisotopic (exact) mass is 441 g/mol. The van der Waals surface area contributed by atoms with E-state index in [1.54, 1.807) is 12.1 Å². The molecule has 1 fully saturated rings. The summed E-state index contributed by atoms with van der Waals surface area (Å²) in [5, 5.41) is 10.2. The highest BCUT2D eigenvalue weighted by molar-refractivity contribution is 7.13. The fraction of sp³-hybridized carbons (Fsp3) is 0.375. The van der Waals surface area contributed by atoms with Crippen LogP contribution in [0.3, 0.4) is 0 Å². The van der Waals surface area contributed by atoms with Crippen molar-refractivity contribution >= 4 is 65.3 Å². The lowest BCUT2D eigenvalue weighted by Gasteiger charge is -2.23. The fourth-order valence-corrected chi connectivity index (χ4v) is 4.01. The number of hydrogen-bond acceptors (Lipinski definition) is 4. The number of benzene rings is 1. The highest BCUT2D eigenvalue weighted by atomic mass is 35.5. The third kappa shape index (κ3) is 6.27. The number of carbonyl (C=O) groups is 1. The SMILES string of the molecule is Cl.Cl.O=C(Cc1csc(-c2ccc(Cl)cc2Cl)n1)NC1CCCNC1. The molecule has 0 radical (unpaired) electrons. The van der Waals surface area contributed by atoms with Crippen molar-refractivity contribution in [3.05, 3.63) is 39.3 Å². The molecule has 2 heterocycles. The zero-order valence-electron chi connectivity index (χ0n) is 13.3. The van der Waals surface area contributed by atoms with Gasteiger partial charge >= 0.3 is 0 Å². The first-order valence-corrected chi connectivity index (χ1v) is 9.15. The van der Waals surface area contributed by atoms with Gasteiger partial charge in [0.05, 0.1) is 17.1 Å². The summed E-state index contributed by atoms with van der Waals surface area (Å²) in [6, 6.07) is 5.55. The number of hydrogen-bond donors (Lipinski definition) is 2. The molecule has 1 aromatic heterocycles. The van der Waals surface area contributed by atoms with Crippen LogP contribution in [-0.2, 0) is 11.2 Å². The Bertz CT molecular complexity index is 704. The number of thiazole rings is 1. The smallest absolute Gasteiger partial charge is 0.226 e. The Labute approximate surface area is 173 Å². The fourth-order valence-electron chi connectivity index (χ4n) is 2.59. The van der Waals surface area contributed by atoms with Gasteiger partial charge in [-0.1, -0.05) is 23.2 Å². The number of halogens is 4. The molecular formula is C16H19Cl4N3OS. The maximum absolute atomic E-state index is 12.1. The van der Waals surface area contributed by atoms with Gasteiger partial charge in [0, 0.05) is 28.6 Å². The number of nitrogens with zero attached hydrogens (tertiary/aromatic N) is 1. The van der Waals surface area contributed by atoms with Crippen LogP contribution in [0.2, 0.25) is 10.0 Å². The van der Waals surface area contributed by atoms with Gasteiger partial charge in [0.15, 0.2) is 0 Å².